The van der Waals surface area contributed by atoms with Crippen LogP contribution in [0.4, 0.5) is 0 Å². The average Bonchev–Trinajstić information content (AvgIpc) is 3.17. The largest absolute Gasteiger partial charge is 0.314 e. The number of nitrogens with one attached hydrogen (secondary N) is 1. The van der Waals surface area contributed by atoms with Crippen molar-refractivity contribution in [3.8, 4) is 0 Å². The van der Waals surface area contributed by atoms with Crippen LogP contribution in [0.5, 0.6) is 0 Å². The monoisotopic (exact) mass is 254 g/mol. The van der Waals surface area contributed by atoms with E-state index in [2.05, 4.69) is 44.8 Å². The van der Waals surface area contributed by atoms with Crippen LogP contribution < -0.4 is 5.32 Å². The predicted molar refractivity (Wildman–Crippen MR) is 81.0 cm³/mol. The summed E-state index contributed by atoms with van der Waals surface area (Å²) in [5.41, 5.74) is 0.474. The number of nitrogens with zero attached hydrogens (tertiary/aromatic N) is 1. The van der Waals surface area contributed by atoms with Crippen LogP contribution in [0.25, 0.3) is 0 Å². The Morgan fingerprint density at radius 3 is 2.17 bits per heavy atom. The van der Waals surface area contributed by atoms with E-state index >= 15 is 0 Å². The second-order valence-corrected chi connectivity index (χ2v) is 6.44. The predicted octanol–water partition coefficient (Wildman–Crippen LogP) is 3.67. The molecule has 0 heterocycles. The molecule has 2 heteroatoms. The lowest BCUT2D eigenvalue weighted by atomic mass is 9.81. The first-order valence-corrected chi connectivity index (χ1v) is 8.04. The Bertz CT molecular complexity index is 217. The van der Waals surface area contributed by atoms with E-state index in [-0.39, 0.29) is 0 Å². The minimum atomic E-state index is 0.474. The molecule has 1 aliphatic rings. The van der Waals surface area contributed by atoms with Gasteiger partial charge >= 0.3 is 0 Å². The third kappa shape index (κ3) is 4.89. The summed E-state index contributed by atoms with van der Waals surface area (Å²) >= 11 is 0. The fraction of sp³-hybridized carbons (Fsp3) is 1.00. The molecule has 0 atom stereocenters. The Balaban J connectivity index is 2.57. The Morgan fingerprint density at radius 2 is 1.78 bits per heavy atom. The Labute approximate surface area is 115 Å². The Morgan fingerprint density at radius 1 is 1.17 bits per heavy atom. The number of hydrogen-bond donors (Lipinski definition) is 1. The summed E-state index contributed by atoms with van der Waals surface area (Å²) in [4.78, 5) is 2.76. The first-order chi connectivity index (χ1) is 8.56. The summed E-state index contributed by atoms with van der Waals surface area (Å²) in [6, 6.07) is 1.50. The molecule has 108 valence electrons. The quantitative estimate of drug-likeness (QED) is 0.640. The summed E-state index contributed by atoms with van der Waals surface area (Å²) in [5.74, 6) is 0. The van der Waals surface area contributed by atoms with Gasteiger partial charge in [0.05, 0.1) is 0 Å². The van der Waals surface area contributed by atoms with Crippen LogP contribution in [0.3, 0.4) is 0 Å². The van der Waals surface area contributed by atoms with E-state index in [0.29, 0.717) is 11.5 Å². The molecule has 0 saturated heterocycles. The highest BCUT2D eigenvalue weighted by atomic mass is 15.2. The van der Waals surface area contributed by atoms with E-state index in [1.165, 1.54) is 51.7 Å². The SMILES string of the molecule is CCCN(CC(CC)(CC)CNC(C)C)C1CC1. The minimum absolute atomic E-state index is 0.474. The molecular weight excluding hydrogens is 220 g/mol. The van der Waals surface area contributed by atoms with Crippen molar-refractivity contribution in [2.45, 2.75) is 78.8 Å². The molecular formula is C16H34N2. The summed E-state index contributed by atoms with van der Waals surface area (Å²) in [7, 11) is 0. The van der Waals surface area contributed by atoms with Gasteiger partial charge in [-0.3, -0.25) is 4.90 Å². The van der Waals surface area contributed by atoms with Gasteiger partial charge in [0.1, 0.15) is 0 Å². The lowest BCUT2D eigenvalue weighted by molar-refractivity contribution is 0.125. The highest BCUT2D eigenvalue weighted by molar-refractivity contribution is 4.90. The Kier molecular flexibility index (Phi) is 6.65. The third-order valence-electron chi connectivity index (χ3n) is 4.50. The number of hydrogen-bond acceptors (Lipinski definition) is 2. The standard InChI is InChI=1S/C16H34N2/c1-6-11-18(15-9-10-15)13-16(7-2,8-3)12-17-14(4)5/h14-15,17H,6-13H2,1-5H3. The zero-order valence-corrected chi connectivity index (χ0v) is 13.3. The normalized spacial score (nSPS) is 16.8. The van der Waals surface area contributed by atoms with Gasteiger partial charge < -0.3 is 5.32 Å². The van der Waals surface area contributed by atoms with Crippen molar-refractivity contribution in [2.24, 2.45) is 5.41 Å². The first-order valence-electron chi connectivity index (χ1n) is 8.04. The molecule has 1 fully saturated rings. The van der Waals surface area contributed by atoms with Gasteiger partial charge in [-0.2, -0.15) is 0 Å². The maximum atomic E-state index is 3.67. The molecule has 18 heavy (non-hydrogen) atoms. The molecule has 0 bridgehead atoms. The highest BCUT2D eigenvalue weighted by Crippen LogP contribution is 2.33. The van der Waals surface area contributed by atoms with E-state index < -0.39 is 0 Å². The first kappa shape index (κ1) is 16.0. The topological polar surface area (TPSA) is 15.3 Å². The van der Waals surface area contributed by atoms with Gasteiger partial charge in [-0.15, -0.1) is 0 Å². The van der Waals surface area contributed by atoms with Gasteiger partial charge in [0, 0.05) is 25.2 Å². The lowest BCUT2D eigenvalue weighted by Crippen LogP contribution is -2.46. The van der Waals surface area contributed by atoms with Crippen molar-refractivity contribution in [1.29, 1.82) is 0 Å². The molecule has 0 spiro atoms. The smallest absolute Gasteiger partial charge is 0.00966 e. The van der Waals surface area contributed by atoms with Gasteiger partial charge in [-0.25, -0.2) is 0 Å². The number of rotatable bonds is 10. The molecule has 0 aromatic carbocycles. The fourth-order valence-electron chi connectivity index (χ4n) is 2.75. The molecule has 0 amide bonds. The third-order valence-corrected chi connectivity index (χ3v) is 4.50. The van der Waals surface area contributed by atoms with Crippen LogP contribution in [-0.2, 0) is 0 Å². The van der Waals surface area contributed by atoms with Gasteiger partial charge in [0.2, 0.25) is 0 Å². The van der Waals surface area contributed by atoms with E-state index in [0.717, 1.165) is 6.04 Å². The van der Waals surface area contributed by atoms with Crippen LogP contribution in [0.1, 0.15) is 66.7 Å². The summed E-state index contributed by atoms with van der Waals surface area (Å²) in [6.45, 7) is 15.3. The maximum Gasteiger partial charge on any atom is 0.00966 e. The van der Waals surface area contributed by atoms with E-state index in [1.54, 1.807) is 0 Å². The van der Waals surface area contributed by atoms with Gasteiger partial charge in [-0.1, -0.05) is 34.6 Å². The summed E-state index contributed by atoms with van der Waals surface area (Å²) in [6.07, 6.45) is 6.73. The highest BCUT2D eigenvalue weighted by Gasteiger charge is 2.35. The molecule has 0 aromatic rings. The molecule has 0 radical (unpaired) electrons. The van der Waals surface area contributed by atoms with Gasteiger partial charge in [-0.05, 0) is 44.1 Å². The lowest BCUT2D eigenvalue weighted by Gasteiger charge is -2.38. The van der Waals surface area contributed by atoms with Crippen molar-refractivity contribution in [3.05, 3.63) is 0 Å². The summed E-state index contributed by atoms with van der Waals surface area (Å²) in [5, 5.41) is 3.67. The molecule has 1 saturated carbocycles. The van der Waals surface area contributed by atoms with Crippen molar-refractivity contribution >= 4 is 0 Å². The van der Waals surface area contributed by atoms with Crippen LogP contribution in [0.2, 0.25) is 0 Å². The fourth-order valence-corrected chi connectivity index (χ4v) is 2.75. The second kappa shape index (κ2) is 7.49. The van der Waals surface area contributed by atoms with Crippen molar-refractivity contribution in [2.75, 3.05) is 19.6 Å². The van der Waals surface area contributed by atoms with Crippen LogP contribution in [-0.4, -0.2) is 36.6 Å². The molecule has 0 unspecified atom stereocenters. The zero-order chi connectivity index (χ0) is 13.6. The van der Waals surface area contributed by atoms with Crippen molar-refractivity contribution in [3.63, 3.8) is 0 Å². The van der Waals surface area contributed by atoms with Crippen LogP contribution in [0.15, 0.2) is 0 Å². The zero-order valence-electron chi connectivity index (χ0n) is 13.3. The van der Waals surface area contributed by atoms with Crippen molar-refractivity contribution in [1.82, 2.24) is 10.2 Å². The molecule has 1 N–H and O–H groups in total. The molecule has 2 nitrogen and oxygen atoms in total. The minimum Gasteiger partial charge on any atom is -0.314 e. The van der Waals surface area contributed by atoms with E-state index in [4.69, 9.17) is 0 Å². The van der Waals surface area contributed by atoms with Crippen LogP contribution in [0, 0.1) is 5.41 Å². The maximum absolute atomic E-state index is 3.67. The van der Waals surface area contributed by atoms with Gasteiger partial charge in [0.25, 0.3) is 0 Å². The summed E-state index contributed by atoms with van der Waals surface area (Å²) < 4.78 is 0. The molecule has 1 rings (SSSR count). The molecule has 1 aliphatic carbocycles. The van der Waals surface area contributed by atoms with Crippen molar-refractivity contribution < 1.29 is 0 Å². The van der Waals surface area contributed by atoms with E-state index in [1.807, 2.05) is 0 Å². The molecule has 0 aromatic heterocycles. The second-order valence-electron chi connectivity index (χ2n) is 6.44. The molecule has 0 aliphatic heterocycles. The average molecular weight is 254 g/mol. The Hall–Kier alpha value is -0.0800. The van der Waals surface area contributed by atoms with Gasteiger partial charge in [0.15, 0.2) is 0 Å². The van der Waals surface area contributed by atoms with E-state index in [9.17, 15) is 0 Å². The van der Waals surface area contributed by atoms with Crippen LogP contribution >= 0.6 is 0 Å².